The van der Waals surface area contributed by atoms with E-state index < -0.39 is 0 Å². The van der Waals surface area contributed by atoms with Gasteiger partial charge in [0.15, 0.2) is 5.11 Å². The zero-order valence-electron chi connectivity index (χ0n) is 17.2. The van der Waals surface area contributed by atoms with Gasteiger partial charge >= 0.3 is 0 Å². The first-order valence-electron chi connectivity index (χ1n) is 10.1. The van der Waals surface area contributed by atoms with E-state index in [1.165, 1.54) is 22.5 Å². The van der Waals surface area contributed by atoms with Crippen LogP contribution in [0.2, 0.25) is 0 Å². The molecule has 29 heavy (non-hydrogen) atoms. The molecule has 5 nitrogen and oxygen atoms in total. The van der Waals surface area contributed by atoms with Crippen LogP contribution in [0.1, 0.15) is 53.6 Å². The summed E-state index contributed by atoms with van der Waals surface area (Å²) in [4.78, 5) is 11.1. The maximum atomic E-state index is 5.72. The van der Waals surface area contributed by atoms with Crippen molar-refractivity contribution in [2.24, 2.45) is 0 Å². The van der Waals surface area contributed by atoms with Crippen molar-refractivity contribution >= 4 is 17.3 Å². The van der Waals surface area contributed by atoms with Crippen molar-refractivity contribution < 1.29 is 0 Å². The van der Waals surface area contributed by atoms with Crippen LogP contribution < -0.4 is 5.32 Å². The van der Waals surface area contributed by atoms with Crippen molar-refractivity contribution in [1.29, 1.82) is 0 Å². The van der Waals surface area contributed by atoms with E-state index in [0.29, 0.717) is 0 Å². The Kier molecular flexibility index (Phi) is 5.62. The fourth-order valence-electron chi connectivity index (χ4n) is 4.27. The summed E-state index contributed by atoms with van der Waals surface area (Å²) in [7, 11) is 0. The van der Waals surface area contributed by atoms with Crippen molar-refractivity contribution in [3.63, 3.8) is 0 Å². The molecule has 0 unspecified atom stereocenters. The van der Waals surface area contributed by atoms with Gasteiger partial charge in [0.05, 0.1) is 17.8 Å². The van der Waals surface area contributed by atoms with E-state index in [0.717, 1.165) is 30.3 Å². The standard InChI is InChI=1S/C23H27N5S/c1-4-13-27-22(21(26-23(27)29)20-7-5-6-10-25-20)19-14-16(2)28(17(19)3)15-18-8-11-24-12-9-18/h5-12,14,21-22H,4,13,15H2,1-3H3,(H,26,29)/t21-,22-/m1/s1. The summed E-state index contributed by atoms with van der Waals surface area (Å²) in [6.07, 6.45) is 6.60. The molecule has 1 aliphatic rings. The molecule has 150 valence electrons. The summed E-state index contributed by atoms with van der Waals surface area (Å²) in [6.45, 7) is 8.35. The highest BCUT2D eigenvalue weighted by Crippen LogP contribution is 2.40. The highest BCUT2D eigenvalue weighted by molar-refractivity contribution is 7.80. The molecular weight excluding hydrogens is 378 g/mol. The Morgan fingerprint density at radius 2 is 1.90 bits per heavy atom. The zero-order valence-corrected chi connectivity index (χ0v) is 18.0. The minimum absolute atomic E-state index is 0.0464. The highest BCUT2D eigenvalue weighted by Gasteiger charge is 2.40. The Morgan fingerprint density at radius 1 is 1.10 bits per heavy atom. The van der Waals surface area contributed by atoms with E-state index in [9.17, 15) is 0 Å². The minimum atomic E-state index is 0.0464. The Balaban J connectivity index is 1.75. The van der Waals surface area contributed by atoms with E-state index in [1.54, 1.807) is 0 Å². The largest absolute Gasteiger partial charge is 0.352 e. The van der Waals surface area contributed by atoms with Gasteiger partial charge in [-0.3, -0.25) is 9.97 Å². The van der Waals surface area contributed by atoms with Gasteiger partial charge in [-0.25, -0.2) is 0 Å². The molecule has 3 aromatic rings. The van der Waals surface area contributed by atoms with Crippen molar-refractivity contribution in [3.05, 3.63) is 83.2 Å². The van der Waals surface area contributed by atoms with Crippen LogP contribution in [0.25, 0.3) is 0 Å². The first-order valence-corrected chi connectivity index (χ1v) is 10.5. The molecule has 1 N–H and O–H groups in total. The molecule has 0 radical (unpaired) electrons. The van der Waals surface area contributed by atoms with Crippen LogP contribution in [-0.2, 0) is 6.54 Å². The van der Waals surface area contributed by atoms with Crippen molar-refractivity contribution in [2.45, 2.75) is 45.8 Å². The zero-order chi connectivity index (χ0) is 20.4. The van der Waals surface area contributed by atoms with Gasteiger partial charge in [0.2, 0.25) is 0 Å². The van der Waals surface area contributed by atoms with Crippen LogP contribution in [0.15, 0.2) is 55.0 Å². The molecule has 0 saturated carbocycles. The third kappa shape index (κ3) is 3.77. The number of nitrogens with one attached hydrogen (secondary N) is 1. The first-order chi connectivity index (χ1) is 14.1. The van der Waals surface area contributed by atoms with Crippen LogP contribution in [-0.4, -0.2) is 31.1 Å². The maximum absolute atomic E-state index is 5.72. The van der Waals surface area contributed by atoms with Crippen LogP contribution in [0.5, 0.6) is 0 Å². The highest BCUT2D eigenvalue weighted by atomic mass is 32.1. The molecule has 0 amide bonds. The summed E-state index contributed by atoms with van der Waals surface area (Å²) in [5.74, 6) is 0. The second-order valence-electron chi connectivity index (χ2n) is 7.59. The van der Waals surface area contributed by atoms with Crippen LogP contribution >= 0.6 is 12.2 Å². The molecule has 1 saturated heterocycles. The second-order valence-corrected chi connectivity index (χ2v) is 7.97. The number of rotatable bonds is 6. The topological polar surface area (TPSA) is 46.0 Å². The molecule has 6 heteroatoms. The summed E-state index contributed by atoms with van der Waals surface area (Å²) >= 11 is 5.72. The van der Waals surface area contributed by atoms with E-state index in [2.05, 4.69) is 69.8 Å². The summed E-state index contributed by atoms with van der Waals surface area (Å²) in [5.41, 5.74) is 6.12. The molecule has 1 fully saturated rings. The molecule has 0 aromatic carbocycles. The van der Waals surface area contributed by atoms with Gasteiger partial charge in [0.1, 0.15) is 0 Å². The molecule has 0 aliphatic carbocycles. The second kappa shape index (κ2) is 8.33. The van der Waals surface area contributed by atoms with Gasteiger partial charge in [-0.15, -0.1) is 0 Å². The third-order valence-corrected chi connectivity index (χ3v) is 6.04. The van der Waals surface area contributed by atoms with Crippen molar-refractivity contribution in [2.75, 3.05) is 6.54 Å². The van der Waals surface area contributed by atoms with E-state index in [4.69, 9.17) is 12.2 Å². The smallest absolute Gasteiger partial charge is 0.170 e. The lowest BCUT2D eigenvalue weighted by atomic mass is 9.96. The van der Waals surface area contributed by atoms with E-state index >= 15 is 0 Å². The quantitative estimate of drug-likeness (QED) is 0.619. The van der Waals surface area contributed by atoms with Crippen molar-refractivity contribution in [3.8, 4) is 0 Å². The molecule has 3 aromatic heterocycles. The number of hydrogen-bond donors (Lipinski definition) is 1. The number of aromatic nitrogens is 3. The van der Waals surface area contributed by atoms with Crippen molar-refractivity contribution in [1.82, 2.24) is 24.8 Å². The Bertz CT molecular complexity index is 983. The summed E-state index contributed by atoms with van der Waals surface area (Å²) in [5, 5.41) is 4.35. The molecule has 1 aliphatic heterocycles. The van der Waals surface area contributed by atoms with Crippen LogP contribution in [0.4, 0.5) is 0 Å². The maximum Gasteiger partial charge on any atom is 0.170 e. The van der Waals surface area contributed by atoms with Gasteiger partial charge in [-0.05, 0) is 73.9 Å². The van der Waals surface area contributed by atoms with Gasteiger partial charge < -0.3 is 14.8 Å². The summed E-state index contributed by atoms with van der Waals surface area (Å²) < 4.78 is 2.38. The number of aryl methyl sites for hydroxylation is 1. The number of nitrogens with zero attached hydrogens (tertiary/aromatic N) is 4. The normalized spacial score (nSPS) is 18.9. The Morgan fingerprint density at radius 3 is 2.59 bits per heavy atom. The van der Waals surface area contributed by atoms with E-state index in [-0.39, 0.29) is 12.1 Å². The van der Waals surface area contributed by atoms with Gasteiger partial charge in [-0.1, -0.05) is 13.0 Å². The Hall–Kier alpha value is -2.73. The fourth-order valence-corrected chi connectivity index (χ4v) is 4.60. The minimum Gasteiger partial charge on any atom is -0.352 e. The van der Waals surface area contributed by atoms with Gasteiger partial charge in [-0.2, -0.15) is 0 Å². The SMILES string of the molecule is CCCN1C(=S)N[C@H](c2ccccn2)[C@H]1c1cc(C)n(Cc2ccncc2)c1C. The average Bonchev–Trinajstić information content (AvgIpc) is 3.21. The average molecular weight is 406 g/mol. The lowest BCUT2D eigenvalue weighted by Crippen LogP contribution is -2.30. The van der Waals surface area contributed by atoms with E-state index in [1.807, 2.05) is 30.7 Å². The van der Waals surface area contributed by atoms with Gasteiger partial charge in [0, 0.05) is 43.1 Å². The molecule has 4 rings (SSSR count). The van der Waals surface area contributed by atoms with Gasteiger partial charge in [0.25, 0.3) is 0 Å². The molecule has 0 spiro atoms. The number of hydrogen-bond acceptors (Lipinski definition) is 3. The first kappa shape index (κ1) is 19.6. The van der Waals surface area contributed by atoms with Crippen LogP contribution in [0.3, 0.4) is 0 Å². The monoisotopic (exact) mass is 405 g/mol. The summed E-state index contributed by atoms with van der Waals surface area (Å²) in [6, 6.07) is 12.7. The predicted octanol–water partition coefficient (Wildman–Crippen LogP) is 4.33. The van der Waals surface area contributed by atoms with Crippen LogP contribution in [0, 0.1) is 13.8 Å². The molecule has 0 bridgehead atoms. The number of thiocarbonyl (C=S) groups is 1. The number of pyridine rings is 2. The third-order valence-electron chi connectivity index (χ3n) is 5.68. The predicted molar refractivity (Wildman–Crippen MR) is 120 cm³/mol. The molecule has 2 atom stereocenters. The molecular formula is C23H27N5S. The fraction of sp³-hybridized carbons (Fsp3) is 0.348. The lowest BCUT2D eigenvalue weighted by molar-refractivity contribution is 0.316. The lowest BCUT2D eigenvalue weighted by Gasteiger charge is -2.27. The molecule has 4 heterocycles. The Labute approximate surface area is 177 Å².